The third-order valence-corrected chi connectivity index (χ3v) is 5.03. The number of anilines is 1. The number of rotatable bonds is 5. The molecule has 0 saturated carbocycles. The van der Waals surface area contributed by atoms with E-state index in [0.717, 1.165) is 16.7 Å². The van der Waals surface area contributed by atoms with Gasteiger partial charge in [-0.1, -0.05) is 29.4 Å². The van der Waals surface area contributed by atoms with Crippen molar-refractivity contribution >= 4 is 35.0 Å². The number of furan rings is 1. The van der Waals surface area contributed by atoms with Gasteiger partial charge in [0.15, 0.2) is 5.82 Å². The lowest BCUT2D eigenvalue weighted by atomic mass is 10.1. The number of aromatic nitrogens is 3. The van der Waals surface area contributed by atoms with Crippen molar-refractivity contribution in [2.45, 2.75) is 25.9 Å². The predicted octanol–water partition coefficient (Wildman–Crippen LogP) is 3.56. The SMILES string of the molecule is Cc1cc(C)c(NC(=O)CSc2nnc(-c3ccoc3C)n2N)c(Cl)c1. The number of nitrogen functional groups attached to an aromatic ring is 1. The standard InChI is InChI=1S/C17H18ClN5O2S/c1-9-6-10(2)15(13(18)7-9)20-14(24)8-26-17-22-21-16(23(17)19)12-4-5-25-11(12)3/h4-7H,8,19H2,1-3H3,(H,20,24). The summed E-state index contributed by atoms with van der Waals surface area (Å²) < 4.78 is 6.61. The van der Waals surface area contributed by atoms with Gasteiger partial charge in [-0.25, -0.2) is 4.68 Å². The molecule has 136 valence electrons. The first kappa shape index (κ1) is 18.3. The molecule has 26 heavy (non-hydrogen) atoms. The van der Waals surface area contributed by atoms with Crippen LogP contribution < -0.4 is 11.2 Å². The average molecular weight is 392 g/mol. The van der Waals surface area contributed by atoms with Crippen LogP contribution in [0.3, 0.4) is 0 Å². The minimum Gasteiger partial charge on any atom is -0.469 e. The molecule has 0 spiro atoms. The van der Waals surface area contributed by atoms with Crippen molar-refractivity contribution < 1.29 is 9.21 Å². The van der Waals surface area contributed by atoms with Gasteiger partial charge in [0.2, 0.25) is 11.1 Å². The number of nitrogens with two attached hydrogens (primary N) is 1. The van der Waals surface area contributed by atoms with E-state index in [1.807, 2.05) is 32.9 Å². The van der Waals surface area contributed by atoms with Crippen LogP contribution in [0.1, 0.15) is 16.9 Å². The number of hydrogen-bond donors (Lipinski definition) is 2. The van der Waals surface area contributed by atoms with Crippen LogP contribution in [0.15, 0.2) is 34.0 Å². The van der Waals surface area contributed by atoms with Gasteiger partial charge in [-0.15, -0.1) is 10.2 Å². The van der Waals surface area contributed by atoms with Crippen LogP contribution in [0.5, 0.6) is 0 Å². The molecule has 3 rings (SSSR count). The first-order valence-electron chi connectivity index (χ1n) is 7.81. The summed E-state index contributed by atoms with van der Waals surface area (Å²) in [4.78, 5) is 12.3. The molecule has 0 aliphatic rings. The maximum atomic E-state index is 12.3. The van der Waals surface area contributed by atoms with E-state index in [1.165, 1.54) is 16.4 Å². The molecule has 3 N–H and O–H groups in total. The van der Waals surface area contributed by atoms with E-state index in [2.05, 4.69) is 15.5 Å². The number of aryl methyl sites for hydroxylation is 3. The molecular weight excluding hydrogens is 374 g/mol. The fraction of sp³-hybridized carbons (Fsp3) is 0.235. The number of benzene rings is 1. The zero-order valence-corrected chi connectivity index (χ0v) is 16.1. The van der Waals surface area contributed by atoms with E-state index in [9.17, 15) is 4.79 Å². The Kier molecular flexibility index (Phi) is 5.24. The fourth-order valence-electron chi connectivity index (χ4n) is 2.56. The van der Waals surface area contributed by atoms with E-state index in [-0.39, 0.29) is 11.7 Å². The van der Waals surface area contributed by atoms with Gasteiger partial charge < -0.3 is 15.6 Å². The van der Waals surface area contributed by atoms with Gasteiger partial charge in [-0.05, 0) is 44.0 Å². The highest BCUT2D eigenvalue weighted by molar-refractivity contribution is 7.99. The Morgan fingerprint density at radius 3 is 2.77 bits per heavy atom. The summed E-state index contributed by atoms with van der Waals surface area (Å²) in [5.41, 5.74) is 3.33. The molecule has 7 nitrogen and oxygen atoms in total. The molecule has 0 radical (unpaired) electrons. The molecule has 0 atom stereocenters. The van der Waals surface area contributed by atoms with Crippen LogP contribution in [0, 0.1) is 20.8 Å². The van der Waals surface area contributed by atoms with Gasteiger partial charge in [0, 0.05) is 0 Å². The zero-order valence-electron chi connectivity index (χ0n) is 14.5. The molecule has 2 heterocycles. The first-order valence-corrected chi connectivity index (χ1v) is 9.17. The number of amides is 1. The number of carbonyl (C=O) groups excluding carboxylic acids is 1. The maximum absolute atomic E-state index is 12.3. The molecule has 0 fully saturated rings. The summed E-state index contributed by atoms with van der Waals surface area (Å²) in [7, 11) is 0. The Morgan fingerprint density at radius 2 is 2.12 bits per heavy atom. The highest BCUT2D eigenvalue weighted by atomic mass is 35.5. The Morgan fingerprint density at radius 1 is 1.35 bits per heavy atom. The van der Waals surface area contributed by atoms with Gasteiger partial charge in [0.05, 0.1) is 28.3 Å². The van der Waals surface area contributed by atoms with Gasteiger partial charge in [0.25, 0.3) is 0 Å². The van der Waals surface area contributed by atoms with Crippen LogP contribution in [0.2, 0.25) is 5.02 Å². The molecule has 0 aliphatic heterocycles. The second-order valence-corrected chi connectivity index (χ2v) is 7.19. The third kappa shape index (κ3) is 3.71. The largest absolute Gasteiger partial charge is 0.469 e. The summed E-state index contributed by atoms with van der Waals surface area (Å²) in [5.74, 6) is 7.15. The van der Waals surface area contributed by atoms with Gasteiger partial charge in [0.1, 0.15) is 5.76 Å². The third-order valence-electron chi connectivity index (χ3n) is 3.79. The van der Waals surface area contributed by atoms with Crippen LogP contribution in [-0.2, 0) is 4.79 Å². The van der Waals surface area contributed by atoms with Crippen molar-refractivity contribution in [1.29, 1.82) is 0 Å². The number of nitrogens with zero attached hydrogens (tertiary/aromatic N) is 3. The second kappa shape index (κ2) is 7.43. The molecule has 1 aromatic carbocycles. The van der Waals surface area contributed by atoms with Crippen molar-refractivity contribution in [3.8, 4) is 11.4 Å². The summed E-state index contributed by atoms with van der Waals surface area (Å²) in [6, 6.07) is 5.55. The van der Waals surface area contributed by atoms with Crippen molar-refractivity contribution in [3.63, 3.8) is 0 Å². The monoisotopic (exact) mass is 391 g/mol. The van der Waals surface area contributed by atoms with E-state index in [1.54, 1.807) is 12.3 Å². The van der Waals surface area contributed by atoms with Crippen molar-refractivity contribution in [3.05, 3.63) is 46.4 Å². The first-order chi connectivity index (χ1) is 12.4. The van der Waals surface area contributed by atoms with E-state index < -0.39 is 0 Å². The average Bonchev–Trinajstić information content (AvgIpc) is 3.14. The molecule has 0 aliphatic carbocycles. The van der Waals surface area contributed by atoms with Crippen LogP contribution in [0.25, 0.3) is 11.4 Å². The normalized spacial score (nSPS) is 10.9. The molecule has 3 aromatic rings. The quantitative estimate of drug-likeness (QED) is 0.509. The summed E-state index contributed by atoms with van der Waals surface area (Å²) in [6.07, 6.45) is 1.56. The molecule has 0 unspecified atom stereocenters. The second-order valence-electron chi connectivity index (χ2n) is 5.84. The number of halogens is 1. The van der Waals surface area contributed by atoms with Crippen LogP contribution >= 0.6 is 23.4 Å². The van der Waals surface area contributed by atoms with E-state index in [4.69, 9.17) is 21.9 Å². The minimum absolute atomic E-state index is 0.128. The van der Waals surface area contributed by atoms with Crippen LogP contribution in [0.4, 0.5) is 5.69 Å². The minimum atomic E-state index is -0.201. The van der Waals surface area contributed by atoms with Crippen molar-refractivity contribution in [2.75, 3.05) is 16.9 Å². The van der Waals surface area contributed by atoms with Crippen LogP contribution in [-0.4, -0.2) is 26.5 Å². The Labute approximate surface area is 159 Å². The van der Waals surface area contributed by atoms with E-state index >= 15 is 0 Å². The smallest absolute Gasteiger partial charge is 0.234 e. The highest BCUT2D eigenvalue weighted by Crippen LogP contribution is 2.28. The molecule has 2 aromatic heterocycles. The molecular formula is C17H18ClN5O2S. The van der Waals surface area contributed by atoms with Gasteiger partial charge >= 0.3 is 0 Å². The Balaban J connectivity index is 1.68. The van der Waals surface area contributed by atoms with Gasteiger partial charge in [-0.2, -0.15) is 0 Å². The fourth-order valence-corrected chi connectivity index (χ4v) is 3.58. The lowest BCUT2D eigenvalue weighted by molar-refractivity contribution is -0.113. The molecule has 0 bridgehead atoms. The maximum Gasteiger partial charge on any atom is 0.234 e. The van der Waals surface area contributed by atoms with Crippen molar-refractivity contribution in [1.82, 2.24) is 14.9 Å². The number of nitrogens with one attached hydrogen (secondary N) is 1. The summed E-state index contributed by atoms with van der Waals surface area (Å²) in [5, 5.41) is 11.9. The number of carbonyl (C=O) groups is 1. The molecule has 0 saturated heterocycles. The topological polar surface area (TPSA) is 99.0 Å². The zero-order chi connectivity index (χ0) is 18.8. The van der Waals surface area contributed by atoms with Gasteiger partial charge in [-0.3, -0.25) is 4.79 Å². The number of thioether (sulfide) groups is 1. The predicted molar refractivity (Wildman–Crippen MR) is 103 cm³/mol. The Bertz CT molecular complexity index is 943. The lowest BCUT2D eigenvalue weighted by Gasteiger charge is -2.11. The Hall–Kier alpha value is -2.45. The number of hydrogen-bond acceptors (Lipinski definition) is 6. The van der Waals surface area contributed by atoms with Crippen molar-refractivity contribution in [2.24, 2.45) is 0 Å². The van der Waals surface area contributed by atoms with E-state index in [0.29, 0.717) is 27.5 Å². The molecule has 1 amide bonds. The highest BCUT2D eigenvalue weighted by Gasteiger charge is 2.17. The summed E-state index contributed by atoms with van der Waals surface area (Å²) >= 11 is 7.41. The summed E-state index contributed by atoms with van der Waals surface area (Å²) in [6.45, 7) is 5.67. The lowest BCUT2D eigenvalue weighted by Crippen LogP contribution is -2.17. The molecule has 9 heteroatoms.